The van der Waals surface area contributed by atoms with Crippen molar-refractivity contribution in [3.63, 3.8) is 0 Å². The Bertz CT molecular complexity index is 119. The van der Waals surface area contributed by atoms with Crippen molar-refractivity contribution >= 4 is 17.6 Å². The molecule has 0 saturated carbocycles. The molecule has 0 aliphatic rings. The molecule has 0 N–H and O–H groups in total. The summed E-state index contributed by atoms with van der Waals surface area (Å²) in [7, 11) is 1.38. The zero-order valence-electron chi connectivity index (χ0n) is 6.61. The summed E-state index contributed by atoms with van der Waals surface area (Å²) >= 11 is 5.58. The molecule has 0 aromatic rings. The van der Waals surface area contributed by atoms with Crippen LogP contribution in [0, 0.1) is 5.41 Å². The maximum Gasteiger partial charge on any atom is 0.312 e. The predicted octanol–water partition coefficient (Wildman–Crippen LogP) is 1.81. The number of carbonyl (C=O) groups excluding carboxylic acids is 1. The van der Waals surface area contributed by atoms with Crippen LogP contribution < -0.4 is 0 Å². The Labute approximate surface area is 66.5 Å². The van der Waals surface area contributed by atoms with Crippen LogP contribution in [-0.2, 0) is 9.53 Å². The molecule has 1 unspecified atom stereocenters. The van der Waals surface area contributed by atoms with Crippen molar-refractivity contribution in [3.05, 3.63) is 0 Å². The van der Waals surface area contributed by atoms with E-state index in [0.29, 0.717) is 12.3 Å². The second-order valence-electron chi connectivity index (χ2n) is 2.54. The number of ether oxygens (including phenoxy) is 1. The lowest BCUT2D eigenvalue weighted by molar-refractivity contribution is -0.150. The van der Waals surface area contributed by atoms with E-state index in [9.17, 15) is 4.79 Å². The van der Waals surface area contributed by atoms with Crippen LogP contribution >= 0.6 is 11.6 Å². The fourth-order valence-corrected chi connectivity index (χ4v) is 0.838. The van der Waals surface area contributed by atoms with Gasteiger partial charge < -0.3 is 4.74 Å². The average Bonchev–Trinajstić information content (AvgIpc) is 2.01. The minimum absolute atomic E-state index is 0.231. The van der Waals surface area contributed by atoms with Gasteiger partial charge in [0.2, 0.25) is 0 Å². The number of halogens is 1. The summed E-state index contributed by atoms with van der Waals surface area (Å²) in [6.07, 6.45) is 0.711. The van der Waals surface area contributed by atoms with Crippen molar-refractivity contribution in [2.45, 2.75) is 20.3 Å². The second-order valence-corrected chi connectivity index (χ2v) is 2.81. The molecule has 3 heteroatoms. The largest absolute Gasteiger partial charge is 0.469 e. The van der Waals surface area contributed by atoms with Crippen LogP contribution in [0.4, 0.5) is 0 Å². The lowest BCUT2D eigenvalue weighted by Gasteiger charge is -2.21. The first-order valence-corrected chi connectivity index (χ1v) is 3.78. The van der Waals surface area contributed by atoms with E-state index in [1.165, 1.54) is 7.11 Å². The second kappa shape index (κ2) is 3.81. The van der Waals surface area contributed by atoms with Crippen LogP contribution in [0.2, 0.25) is 0 Å². The van der Waals surface area contributed by atoms with Crippen LogP contribution in [0.1, 0.15) is 20.3 Å². The molecule has 0 aliphatic heterocycles. The molecule has 10 heavy (non-hydrogen) atoms. The lowest BCUT2D eigenvalue weighted by atomic mass is 9.90. The van der Waals surface area contributed by atoms with Gasteiger partial charge in [-0.3, -0.25) is 4.79 Å². The number of carbonyl (C=O) groups is 1. The van der Waals surface area contributed by atoms with Crippen molar-refractivity contribution in [2.24, 2.45) is 5.41 Å². The summed E-state index contributed by atoms with van der Waals surface area (Å²) in [5, 5.41) is 0. The number of rotatable bonds is 3. The van der Waals surface area contributed by atoms with Crippen molar-refractivity contribution in [2.75, 3.05) is 13.0 Å². The highest BCUT2D eigenvalue weighted by Gasteiger charge is 2.30. The Hall–Kier alpha value is -0.240. The molecule has 0 bridgehead atoms. The highest BCUT2D eigenvalue weighted by molar-refractivity contribution is 6.19. The quantitative estimate of drug-likeness (QED) is 0.470. The minimum atomic E-state index is -0.504. The average molecular weight is 165 g/mol. The van der Waals surface area contributed by atoms with E-state index in [1.54, 1.807) is 6.92 Å². The molecule has 0 fully saturated rings. The van der Waals surface area contributed by atoms with Crippen molar-refractivity contribution in [3.8, 4) is 0 Å². The summed E-state index contributed by atoms with van der Waals surface area (Å²) in [4.78, 5) is 11.0. The molecule has 0 aromatic heterocycles. The molecule has 0 heterocycles. The Morgan fingerprint density at radius 2 is 2.20 bits per heavy atom. The van der Waals surface area contributed by atoms with E-state index >= 15 is 0 Å². The van der Waals surface area contributed by atoms with Crippen LogP contribution in [0.15, 0.2) is 0 Å². The van der Waals surface area contributed by atoms with Crippen LogP contribution in [0.25, 0.3) is 0 Å². The molecular weight excluding hydrogens is 152 g/mol. The first kappa shape index (κ1) is 9.76. The van der Waals surface area contributed by atoms with Gasteiger partial charge in [0.05, 0.1) is 12.5 Å². The van der Waals surface area contributed by atoms with E-state index in [0.717, 1.165) is 0 Å². The standard InChI is InChI=1S/C7H13ClO2/c1-4-7(2,5-8)6(9)10-3/h4-5H2,1-3H3. The van der Waals surface area contributed by atoms with Gasteiger partial charge in [-0.2, -0.15) is 0 Å². The molecule has 0 rings (SSSR count). The smallest absolute Gasteiger partial charge is 0.312 e. The Balaban J connectivity index is 4.17. The number of methoxy groups -OCH3 is 1. The number of esters is 1. The molecule has 0 amide bonds. The summed E-state index contributed by atoms with van der Waals surface area (Å²) < 4.78 is 4.57. The van der Waals surface area contributed by atoms with Gasteiger partial charge in [-0.05, 0) is 13.3 Å². The van der Waals surface area contributed by atoms with Gasteiger partial charge in [-0.15, -0.1) is 11.6 Å². The predicted molar refractivity (Wildman–Crippen MR) is 41.1 cm³/mol. The topological polar surface area (TPSA) is 26.3 Å². The molecule has 0 saturated heterocycles. The third-order valence-electron chi connectivity index (χ3n) is 1.75. The van der Waals surface area contributed by atoms with Crippen molar-refractivity contribution in [1.82, 2.24) is 0 Å². The number of hydrogen-bond acceptors (Lipinski definition) is 2. The van der Waals surface area contributed by atoms with Gasteiger partial charge in [0.15, 0.2) is 0 Å². The van der Waals surface area contributed by atoms with Crippen LogP contribution in [-0.4, -0.2) is 19.0 Å². The summed E-state index contributed by atoms with van der Waals surface area (Å²) in [6, 6.07) is 0. The van der Waals surface area contributed by atoms with E-state index in [-0.39, 0.29) is 5.97 Å². The molecule has 1 atom stereocenters. The fourth-order valence-electron chi connectivity index (χ4n) is 0.540. The molecule has 0 aliphatic carbocycles. The molecule has 2 nitrogen and oxygen atoms in total. The van der Waals surface area contributed by atoms with Gasteiger partial charge in [-0.1, -0.05) is 6.92 Å². The van der Waals surface area contributed by atoms with E-state index in [2.05, 4.69) is 4.74 Å². The highest BCUT2D eigenvalue weighted by atomic mass is 35.5. The Kier molecular flexibility index (Phi) is 3.72. The van der Waals surface area contributed by atoms with Crippen molar-refractivity contribution in [1.29, 1.82) is 0 Å². The van der Waals surface area contributed by atoms with Crippen LogP contribution in [0.3, 0.4) is 0 Å². The summed E-state index contributed by atoms with van der Waals surface area (Å²) in [5.74, 6) is 0.0842. The zero-order chi connectivity index (χ0) is 8.20. The highest BCUT2D eigenvalue weighted by Crippen LogP contribution is 2.23. The lowest BCUT2D eigenvalue weighted by Crippen LogP contribution is -2.29. The maximum atomic E-state index is 11.0. The molecule has 0 spiro atoms. The van der Waals surface area contributed by atoms with Gasteiger partial charge in [0, 0.05) is 5.88 Å². The van der Waals surface area contributed by atoms with Gasteiger partial charge in [0.25, 0.3) is 0 Å². The van der Waals surface area contributed by atoms with E-state index in [4.69, 9.17) is 11.6 Å². The normalized spacial score (nSPS) is 16.0. The maximum absolute atomic E-state index is 11.0. The molecule has 0 aromatic carbocycles. The monoisotopic (exact) mass is 164 g/mol. The number of alkyl halides is 1. The minimum Gasteiger partial charge on any atom is -0.469 e. The summed E-state index contributed by atoms with van der Waals surface area (Å²) in [5.41, 5.74) is -0.504. The number of hydrogen-bond donors (Lipinski definition) is 0. The van der Waals surface area contributed by atoms with Gasteiger partial charge >= 0.3 is 5.97 Å². The van der Waals surface area contributed by atoms with Gasteiger partial charge in [0.1, 0.15) is 0 Å². The molecule has 0 radical (unpaired) electrons. The third-order valence-corrected chi connectivity index (χ3v) is 2.34. The van der Waals surface area contributed by atoms with E-state index < -0.39 is 5.41 Å². The van der Waals surface area contributed by atoms with Crippen molar-refractivity contribution < 1.29 is 9.53 Å². The SMILES string of the molecule is CCC(C)(CCl)C(=O)OC. The first-order valence-electron chi connectivity index (χ1n) is 3.25. The van der Waals surface area contributed by atoms with Gasteiger partial charge in [-0.25, -0.2) is 0 Å². The third kappa shape index (κ3) is 1.87. The van der Waals surface area contributed by atoms with E-state index in [1.807, 2.05) is 6.92 Å². The molecular formula is C7H13ClO2. The molecule has 60 valence electrons. The summed E-state index contributed by atoms with van der Waals surface area (Å²) in [6.45, 7) is 3.71. The Morgan fingerprint density at radius 1 is 1.70 bits per heavy atom. The zero-order valence-corrected chi connectivity index (χ0v) is 7.36. The Morgan fingerprint density at radius 3 is 2.30 bits per heavy atom. The first-order chi connectivity index (χ1) is 4.60. The van der Waals surface area contributed by atoms with Crippen LogP contribution in [0.5, 0.6) is 0 Å². The fraction of sp³-hybridized carbons (Fsp3) is 0.857.